The minimum atomic E-state index is -4.55. The van der Waals surface area contributed by atoms with Crippen molar-refractivity contribution in [1.29, 1.82) is 0 Å². The molecule has 1 unspecified atom stereocenters. The van der Waals surface area contributed by atoms with Gasteiger partial charge in [0.1, 0.15) is 17.5 Å². The van der Waals surface area contributed by atoms with E-state index in [1.165, 1.54) is 17.0 Å². The van der Waals surface area contributed by atoms with E-state index in [0.29, 0.717) is 23.5 Å². The Balaban J connectivity index is 1.62. The highest BCUT2D eigenvalue weighted by molar-refractivity contribution is 5.82. The lowest BCUT2D eigenvalue weighted by Crippen LogP contribution is -2.44. The average molecular weight is 439 g/mol. The molecule has 3 aromatic rings. The smallest absolute Gasteiger partial charge is 0.408 e. The van der Waals surface area contributed by atoms with Gasteiger partial charge in [0.15, 0.2) is 0 Å². The topological polar surface area (TPSA) is 75.3 Å². The summed E-state index contributed by atoms with van der Waals surface area (Å²) < 4.78 is 66.7. The van der Waals surface area contributed by atoms with E-state index in [9.17, 15) is 17.6 Å². The Hall–Kier alpha value is -2.92. The minimum absolute atomic E-state index is 0.0417. The molecule has 0 saturated carbocycles. The Morgan fingerprint density at radius 2 is 2.00 bits per heavy atom. The van der Waals surface area contributed by atoms with Crippen molar-refractivity contribution < 1.29 is 27.0 Å². The summed E-state index contributed by atoms with van der Waals surface area (Å²) in [6, 6.07) is 3.26. The van der Waals surface area contributed by atoms with Crippen molar-refractivity contribution in [2.24, 2.45) is 0 Å². The molecule has 1 aliphatic heterocycles. The van der Waals surface area contributed by atoms with Crippen LogP contribution in [-0.2, 0) is 4.74 Å². The van der Waals surface area contributed by atoms with Crippen LogP contribution in [0.15, 0.2) is 30.5 Å². The second-order valence-corrected chi connectivity index (χ2v) is 6.98. The van der Waals surface area contributed by atoms with Crippen molar-refractivity contribution in [3.05, 3.63) is 41.8 Å². The molecule has 0 spiro atoms. The molecule has 2 aromatic heterocycles. The normalized spacial score (nSPS) is 16.4. The standard InChI is InChI=1S/C20H21F4N5O2/c1-2-31-18-13-5-6-25-17(13)27-19(28-18)26-15-4-3-12(11-14(15)21)16(20(22,23)24)29-7-9-30-10-8-29/h3-6,11,16H,2,7-10H2,1H3,(H2,25,26,27,28). The van der Waals surface area contributed by atoms with Gasteiger partial charge in [0.2, 0.25) is 11.8 Å². The van der Waals surface area contributed by atoms with Crippen molar-refractivity contribution in [1.82, 2.24) is 19.9 Å². The summed E-state index contributed by atoms with van der Waals surface area (Å²) >= 11 is 0. The zero-order valence-electron chi connectivity index (χ0n) is 16.7. The number of nitrogens with zero attached hydrogens (tertiary/aromatic N) is 3. The largest absolute Gasteiger partial charge is 0.477 e. The number of rotatable bonds is 6. The fourth-order valence-electron chi connectivity index (χ4n) is 3.58. The number of H-pyrrole nitrogens is 1. The van der Waals surface area contributed by atoms with Gasteiger partial charge in [0, 0.05) is 19.3 Å². The Morgan fingerprint density at radius 3 is 2.68 bits per heavy atom. The highest BCUT2D eigenvalue weighted by Crippen LogP contribution is 2.39. The van der Waals surface area contributed by atoms with Crippen molar-refractivity contribution in [2.45, 2.75) is 19.1 Å². The summed E-state index contributed by atoms with van der Waals surface area (Å²) in [7, 11) is 0. The zero-order valence-corrected chi connectivity index (χ0v) is 16.7. The second kappa shape index (κ2) is 8.67. The van der Waals surface area contributed by atoms with E-state index < -0.39 is 18.0 Å². The van der Waals surface area contributed by atoms with Crippen molar-refractivity contribution in [2.75, 3.05) is 38.2 Å². The molecule has 1 atom stereocenters. The van der Waals surface area contributed by atoms with Crippen LogP contribution in [-0.4, -0.2) is 58.9 Å². The molecule has 0 amide bonds. The van der Waals surface area contributed by atoms with E-state index in [1.54, 1.807) is 19.2 Å². The summed E-state index contributed by atoms with van der Waals surface area (Å²) in [4.78, 5) is 12.7. The maximum Gasteiger partial charge on any atom is 0.408 e. The first-order chi connectivity index (χ1) is 14.9. The van der Waals surface area contributed by atoms with Crippen molar-refractivity contribution >= 4 is 22.7 Å². The van der Waals surface area contributed by atoms with Gasteiger partial charge < -0.3 is 19.8 Å². The summed E-state index contributed by atoms with van der Waals surface area (Å²) in [6.45, 7) is 2.83. The zero-order chi connectivity index (χ0) is 22.0. The predicted octanol–water partition coefficient (Wildman–Crippen LogP) is 4.17. The lowest BCUT2D eigenvalue weighted by molar-refractivity contribution is -0.194. The van der Waals surface area contributed by atoms with Crippen LogP contribution in [0.25, 0.3) is 11.0 Å². The van der Waals surface area contributed by atoms with Crippen LogP contribution in [0.4, 0.5) is 29.2 Å². The van der Waals surface area contributed by atoms with Gasteiger partial charge in [-0.3, -0.25) is 4.90 Å². The van der Waals surface area contributed by atoms with Gasteiger partial charge in [-0.15, -0.1) is 0 Å². The van der Waals surface area contributed by atoms with E-state index in [0.717, 1.165) is 6.07 Å². The molecule has 3 heterocycles. The third-order valence-corrected chi connectivity index (χ3v) is 4.94. The summed E-state index contributed by atoms with van der Waals surface area (Å²) in [6.07, 6.45) is -2.88. The molecular weight excluding hydrogens is 418 g/mol. The quantitative estimate of drug-likeness (QED) is 0.562. The lowest BCUT2D eigenvalue weighted by atomic mass is 10.0. The van der Waals surface area contributed by atoms with E-state index in [-0.39, 0.29) is 43.5 Å². The second-order valence-electron chi connectivity index (χ2n) is 6.98. The molecule has 4 rings (SSSR count). The number of aromatic amines is 1. The Morgan fingerprint density at radius 1 is 1.23 bits per heavy atom. The fourth-order valence-corrected chi connectivity index (χ4v) is 3.58. The predicted molar refractivity (Wildman–Crippen MR) is 106 cm³/mol. The molecule has 0 aliphatic carbocycles. The first-order valence-corrected chi connectivity index (χ1v) is 9.79. The highest BCUT2D eigenvalue weighted by atomic mass is 19.4. The number of hydrogen-bond donors (Lipinski definition) is 2. The SMILES string of the molecule is CCOc1nc(Nc2ccc(C(N3CCOCC3)C(F)(F)F)cc2F)nc2[nH]ccc12. The Bertz CT molecular complexity index is 1050. The van der Waals surface area contributed by atoms with Gasteiger partial charge in [0.05, 0.1) is 30.9 Å². The molecule has 31 heavy (non-hydrogen) atoms. The molecule has 11 heteroatoms. The first kappa shape index (κ1) is 21.3. The number of anilines is 2. The monoisotopic (exact) mass is 439 g/mol. The lowest BCUT2D eigenvalue weighted by Gasteiger charge is -2.35. The number of hydrogen-bond acceptors (Lipinski definition) is 6. The van der Waals surface area contributed by atoms with Gasteiger partial charge in [0.25, 0.3) is 0 Å². The van der Waals surface area contributed by atoms with E-state index in [4.69, 9.17) is 9.47 Å². The number of ether oxygens (including phenoxy) is 2. The Labute approximate surface area is 175 Å². The van der Waals surface area contributed by atoms with Crippen LogP contribution in [0.5, 0.6) is 5.88 Å². The molecule has 1 aromatic carbocycles. The van der Waals surface area contributed by atoms with Crippen molar-refractivity contribution in [3.63, 3.8) is 0 Å². The molecule has 1 saturated heterocycles. The van der Waals surface area contributed by atoms with Crippen LogP contribution in [0.1, 0.15) is 18.5 Å². The first-order valence-electron chi connectivity index (χ1n) is 9.79. The van der Waals surface area contributed by atoms with Gasteiger partial charge in [-0.1, -0.05) is 6.07 Å². The summed E-state index contributed by atoms with van der Waals surface area (Å²) in [5.74, 6) is -0.462. The number of aromatic nitrogens is 3. The highest BCUT2D eigenvalue weighted by Gasteiger charge is 2.45. The van der Waals surface area contributed by atoms with E-state index >= 15 is 0 Å². The average Bonchev–Trinajstić information content (AvgIpc) is 3.19. The fraction of sp³-hybridized carbons (Fsp3) is 0.400. The maximum atomic E-state index is 14.8. The minimum Gasteiger partial charge on any atom is -0.477 e. The molecule has 0 bridgehead atoms. The van der Waals surface area contributed by atoms with Crippen molar-refractivity contribution in [3.8, 4) is 5.88 Å². The molecule has 2 N–H and O–H groups in total. The van der Waals surface area contributed by atoms with E-state index in [2.05, 4.69) is 20.3 Å². The summed E-state index contributed by atoms with van der Waals surface area (Å²) in [5.41, 5.74) is 0.274. The molecule has 7 nitrogen and oxygen atoms in total. The van der Waals surface area contributed by atoms with Crippen LogP contribution in [0.3, 0.4) is 0 Å². The third kappa shape index (κ3) is 4.57. The number of nitrogens with one attached hydrogen (secondary N) is 2. The molecule has 166 valence electrons. The van der Waals surface area contributed by atoms with Crippen LogP contribution < -0.4 is 10.1 Å². The molecular formula is C20H21F4N5O2. The molecule has 1 fully saturated rings. The van der Waals surface area contributed by atoms with Crippen LogP contribution in [0, 0.1) is 5.82 Å². The number of alkyl halides is 3. The third-order valence-electron chi connectivity index (χ3n) is 4.94. The van der Waals surface area contributed by atoms with Crippen LogP contribution >= 0.6 is 0 Å². The van der Waals surface area contributed by atoms with Gasteiger partial charge in [-0.25, -0.2) is 4.39 Å². The van der Waals surface area contributed by atoms with Gasteiger partial charge in [-0.2, -0.15) is 23.1 Å². The Kier molecular flexibility index (Phi) is 5.96. The van der Waals surface area contributed by atoms with E-state index in [1.807, 2.05) is 0 Å². The summed E-state index contributed by atoms with van der Waals surface area (Å²) in [5, 5.41) is 3.39. The van der Waals surface area contributed by atoms with Gasteiger partial charge in [-0.05, 0) is 30.7 Å². The number of morpholine rings is 1. The maximum absolute atomic E-state index is 14.8. The van der Waals surface area contributed by atoms with Gasteiger partial charge >= 0.3 is 6.18 Å². The number of halogens is 4. The van der Waals surface area contributed by atoms with Crippen LogP contribution in [0.2, 0.25) is 0 Å². The number of fused-ring (bicyclic) bond motifs is 1. The molecule has 0 radical (unpaired) electrons. The number of benzene rings is 1. The molecule has 1 aliphatic rings.